The van der Waals surface area contributed by atoms with E-state index in [1.54, 1.807) is 24.3 Å². The summed E-state index contributed by atoms with van der Waals surface area (Å²) in [4.78, 5) is 0.302. The first-order valence-corrected chi connectivity index (χ1v) is 10.3. The fourth-order valence-corrected chi connectivity index (χ4v) is 3.93. The van der Waals surface area contributed by atoms with E-state index in [9.17, 15) is 8.42 Å². The Morgan fingerprint density at radius 1 is 1.04 bits per heavy atom. The lowest BCUT2D eigenvalue weighted by atomic mass is 10.0. The highest BCUT2D eigenvalue weighted by Crippen LogP contribution is 2.36. The van der Waals surface area contributed by atoms with Crippen LogP contribution >= 0.6 is 0 Å². The Balaban J connectivity index is 1.87. The minimum absolute atomic E-state index is 0.0194. The van der Waals surface area contributed by atoms with Crippen molar-refractivity contribution in [3.8, 4) is 5.75 Å². The van der Waals surface area contributed by atoms with Crippen LogP contribution in [0.5, 0.6) is 5.75 Å². The Labute approximate surface area is 150 Å². The van der Waals surface area contributed by atoms with Gasteiger partial charge in [0.1, 0.15) is 11.9 Å². The van der Waals surface area contributed by atoms with Gasteiger partial charge in [-0.2, -0.15) is 0 Å². The molecule has 5 heteroatoms. The summed E-state index contributed by atoms with van der Waals surface area (Å²) in [6, 6.07) is 15.1. The van der Waals surface area contributed by atoms with Gasteiger partial charge in [-0.05, 0) is 62.6 Å². The summed E-state index contributed by atoms with van der Waals surface area (Å²) in [6.45, 7) is 6.44. The molecule has 2 aromatic carbocycles. The van der Waals surface area contributed by atoms with E-state index in [0.29, 0.717) is 10.6 Å². The third kappa shape index (κ3) is 4.22. The normalized spacial score (nSPS) is 20.3. The highest BCUT2D eigenvalue weighted by Gasteiger charge is 2.36. The lowest BCUT2D eigenvalue weighted by Gasteiger charge is -2.30. The van der Waals surface area contributed by atoms with Crippen molar-refractivity contribution in [3.05, 3.63) is 59.7 Å². The predicted octanol–water partition coefficient (Wildman–Crippen LogP) is 3.52. The lowest BCUT2D eigenvalue weighted by Crippen LogP contribution is -2.46. The van der Waals surface area contributed by atoms with Crippen molar-refractivity contribution in [1.29, 1.82) is 0 Å². The third-order valence-corrected chi connectivity index (χ3v) is 5.43. The largest absolute Gasteiger partial charge is 0.484 e. The fourth-order valence-electron chi connectivity index (χ4n) is 3.30. The summed E-state index contributed by atoms with van der Waals surface area (Å²) in [5.41, 5.74) is 2.47. The standard InChI is InChI=1S/C20H25NO3S/c1-20(2,3)21-18-13-14-7-5-6-8-17(14)19(18)24-15-9-11-16(12-10-15)25(4,22)23/h5-12,18-19,21H,13H2,1-4H3/t18-,19-/m0/s1. The van der Waals surface area contributed by atoms with Gasteiger partial charge in [0.2, 0.25) is 0 Å². The summed E-state index contributed by atoms with van der Waals surface area (Å²) in [5, 5.41) is 3.65. The molecule has 1 N–H and O–H groups in total. The van der Waals surface area contributed by atoms with E-state index < -0.39 is 9.84 Å². The number of benzene rings is 2. The quantitative estimate of drug-likeness (QED) is 0.907. The zero-order chi connectivity index (χ0) is 18.2. The second kappa shape index (κ2) is 6.46. The monoisotopic (exact) mass is 359 g/mol. The zero-order valence-corrected chi connectivity index (χ0v) is 15.9. The molecule has 0 heterocycles. The second-order valence-corrected chi connectivity index (χ2v) is 9.70. The van der Waals surface area contributed by atoms with E-state index in [1.165, 1.54) is 17.4 Å². The Morgan fingerprint density at radius 3 is 2.28 bits per heavy atom. The molecule has 0 aliphatic heterocycles. The Morgan fingerprint density at radius 2 is 1.68 bits per heavy atom. The number of hydrogen-bond acceptors (Lipinski definition) is 4. The Bertz CT molecular complexity index is 851. The highest BCUT2D eigenvalue weighted by molar-refractivity contribution is 7.90. The van der Waals surface area contributed by atoms with Crippen LogP contribution in [0.25, 0.3) is 0 Å². The summed E-state index contributed by atoms with van der Waals surface area (Å²) in [5.74, 6) is 0.676. The first-order chi connectivity index (χ1) is 11.6. The molecule has 0 saturated heterocycles. The summed E-state index contributed by atoms with van der Waals surface area (Å²) >= 11 is 0. The van der Waals surface area contributed by atoms with Crippen molar-refractivity contribution < 1.29 is 13.2 Å². The Kier molecular flexibility index (Phi) is 4.64. The fraction of sp³-hybridized carbons (Fsp3) is 0.400. The highest BCUT2D eigenvalue weighted by atomic mass is 32.2. The van der Waals surface area contributed by atoms with Gasteiger partial charge >= 0.3 is 0 Å². The van der Waals surface area contributed by atoms with E-state index >= 15 is 0 Å². The van der Waals surface area contributed by atoms with Gasteiger partial charge in [0, 0.05) is 11.8 Å². The van der Waals surface area contributed by atoms with E-state index in [4.69, 9.17) is 4.74 Å². The van der Waals surface area contributed by atoms with Gasteiger partial charge in [0.15, 0.2) is 9.84 Å². The van der Waals surface area contributed by atoms with E-state index in [2.05, 4.69) is 44.3 Å². The molecule has 2 atom stereocenters. The van der Waals surface area contributed by atoms with Crippen LogP contribution < -0.4 is 10.1 Å². The molecule has 0 amide bonds. The van der Waals surface area contributed by atoms with Gasteiger partial charge in [-0.25, -0.2) is 8.42 Å². The molecule has 25 heavy (non-hydrogen) atoms. The molecule has 4 nitrogen and oxygen atoms in total. The molecule has 1 aliphatic carbocycles. The maximum atomic E-state index is 11.6. The molecule has 3 rings (SSSR count). The second-order valence-electron chi connectivity index (χ2n) is 7.69. The van der Waals surface area contributed by atoms with Gasteiger partial charge in [0.25, 0.3) is 0 Å². The van der Waals surface area contributed by atoms with Crippen LogP contribution in [0.3, 0.4) is 0 Å². The molecule has 0 aromatic heterocycles. The molecular weight excluding hydrogens is 334 g/mol. The van der Waals surface area contributed by atoms with E-state index in [-0.39, 0.29) is 17.7 Å². The van der Waals surface area contributed by atoms with Gasteiger partial charge in [-0.1, -0.05) is 24.3 Å². The average Bonchev–Trinajstić information content (AvgIpc) is 2.83. The maximum absolute atomic E-state index is 11.6. The van der Waals surface area contributed by atoms with Crippen LogP contribution in [0.1, 0.15) is 38.0 Å². The van der Waals surface area contributed by atoms with Crippen molar-refractivity contribution in [2.24, 2.45) is 0 Å². The van der Waals surface area contributed by atoms with Crippen molar-refractivity contribution >= 4 is 9.84 Å². The van der Waals surface area contributed by atoms with Gasteiger partial charge < -0.3 is 10.1 Å². The van der Waals surface area contributed by atoms with Crippen LogP contribution in [0.2, 0.25) is 0 Å². The van der Waals surface area contributed by atoms with Crippen LogP contribution in [0.15, 0.2) is 53.4 Å². The van der Waals surface area contributed by atoms with Gasteiger partial charge in [-0.3, -0.25) is 0 Å². The molecule has 134 valence electrons. The lowest BCUT2D eigenvalue weighted by molar-refractivity contribution is 0.150. The van der Waals surface area contributed by atoms with Crippen molar-refractivity contribution in [2.75, 3.05) is 6.26 Å². The molecule has 0 unspecified atom stereocenters. The van der Waals surface area contributed by atoms with Crippen LogP contribution in [0, 0.1) is 0 Å². The van der Waals surface area contributed by atoms with Crippen molar-refractivity contribution in [2.45, 2.75) is 49.8 Å². The predicted molar refractivity (Wildman–Crippen MR) is 99.7 cm³/mol. The smallest absolute Gasteiger partial charge is 0.175 e. The number of nitrogens with one attached hydrogen (secondary N) is 1. The molecular formula is C20H25NO3S. The van der Waals surface area contributed by atoms with Crippen LogP contribution in [-0.4, -0.2) is 26.3 Å². The number of hydrogen-bond donors (Lipinski definition) is 1. The topological polar surface area (TPSA) is 55.4 Å². The number of sulfone groups is 1. The van der Waals surface area contributed by atoms with Crippen molar-refractivity contribution in [3.63, 3.8) is 0 Å². The molecule has 2 aromatic rings. The van der Waals surface area contributed by atoms with Gasteiger partial charge in [-0.15, -0.1) is 0 Å². The average molecular weight is 359 g/mol. The molecule has 0 bridgehead atoms. The maximum Gasteiger partial charge on any atom is 0.175 e. The van der Waals surface area contributed by atoms with E-state index in [1.807, 2.05) is 6.07 Å². The first-order valence-electron chi connectivity index (χ1n) is 8.46. The Hall–Kier alpha value is -1.85. The number of rotatable bonds is 4. The first kappa shape index (κ1) is 18.0. The molecule has 0 spiro atoms. The number of fused-ring (bicyclic) bond motifs is 1. The summed E-state index contributed by atoms with van der Waals surface area (Å²) in [7, 11) is -3.20. The van der Waals surface area contributed by atoms with Crippen LogP contribution in [0.4, 0.5) is 0 Å². The minimum atomic E-state index is -3.20. The van der Waals surface area contributed by atoms with Crippen molar-refractivity contribution in [1.82, 2.24) is 5.32 Å². The summed E-state index contributed by atoms with van der Waals surface area (Å²) in [6.07, 6.45) is 2.03. The molecule has 0 radical (unpaired) electrons. The minimum Gasteiger partial charge on any atom is -0.484 e. The molecule has 1 aliphatic rings. The number of ether oxygens (including phenoxy) is 1. The van der Waals surface area contributed by atoms with E-state index in [0.717, 1.165) is 6.42 Å². The van der Waals surface area contributed by atoms with Gasteiger partial charge in [0.05, 0.1) is 10.9 Å². The van der Waals surface area contributed by atoms with Crippen LogP contribution in [-0.2, 0) is 16.3 Å². The molecule has 0 fully saturated rings. The summed E-state index contributed by atoms with van der Waals surface area (Å²) < 4.78 is 29.5. The molecule has 0 saturated carbocycles. The zero-order valence-electron chi connectivity index (χ0n) is 15.1. The SMILES string of the molecule is CC(C)(C)N[C@H]1Cc2ccccc2[C@@H]1Oc1ccc(S(C)(=O)=O)cc1. The third-order valence-electron chi connectivity index (χ3n) is 4.30.